The van der Waals surface area contributed by atoms with Crippen molar-refractivity contribution < 1.29 is 14.4 Å². The Morgan fingerprint density at radius 3 is 2.47 bits per heavy atom. The zero-order valence-corrected chi connectivity index (χ0v) is 10.1. The molecule has 0 aromatic carbocycles. The van der Waals surface area contributed by atoms with E-state index >= 15 is 0 Å². The quantitative estimate of drug-likeness (QED) is 0.496. The smallest absolute Gasteiger partial charge is 0.232 e. The van der Waals surface area contributed by atoms with Gasteiger partial charge in [0.15, 0.2) is 0 Å². The lowest BCUT2D eigenvalue weighted by atomic mass is 9.72. The highest BCUT2D eigenvalue weighted by atomic mass is 16.2. The molecule has 1 heterocycles. The van der Waals surface area contributed by atoms with Gasteiger partial charge in [0.25, 0.3) is 0 Å². The number of rotatable bonds is 1. The summed E-state index contributed by atoms with van der Waals surface area (Å²) in [7, 11) is 0. The number of fused-ring (bicyclic) bond motifs is 1. The first-order chi connectivity index (χ1) is 7.91. The summed E-state index contributed by atoms with van der Waals surface area (Å²) >= 11 is 0. The minimum absolute atomic E-state index is 0.0245. The molecule has 4 unspecified atom stereocenters. The summed E-state index contributed by atoms with van der Waals surface area (Å²) in [6.45, 7) is 5.21. The third-order valence-electron chi connectivity index (χ3n) is 3.54. The van der Waals surface area contributed by atoms with Gasteiger partial charge in [0.05, 0.1) is 17.9 Å². The highest BCUT2D eigenvalue weighted by molar-refractivity contribution is 6.06. The predicted molar refractivity (Wildman–Crippen MR) is 60.7 cm³/mol. The lowest BCUT2D eigenvalue weighted by molar-refractivity contribution is -0.126. The number of hydrogen-bond donors (Lipinski definition) is 2. The summed E-state index contributed by atoms with van der Waals surface area (Å²) in [6.07, 6.45) is 1.96. The molecule has 3 amide bonds. The van der Waals surface area contributed by atoms with Crippen LogP contribution in [0.25, 0.3) is 0 Å². The fraction of sp³-hybridized carbons (Fsp3) is 0.583. The van der Waals surface area contributed by atoms with Crippen molar-refractivity contribution in [1.82, 2.24) is 10.6 Å². The summed E-state index contributed by atoms with van der Waals surface area (Å²) in [6, 6.07) is -0.361. The van der Waals surface area contributed by atoms with E-state index in [2.05, 4.69) is 10.6 Å². The molecular formula is C12H16N2O3. The number of nitrogens with one attached hydrogen (secondary N) is 2. The van der Waals surface area contributed by atoms with E-state index in [1.807, 2.05) is 19.9 Å². The minimum Gasteiger partial charge on any atom is -0.349 e. The van der Waals surface area contributed by atoms with Crippen molar-refractivity contribution >= 4 is 17.7 Å². The van der Waals surface area contributed by atoms with Crippen molar-refractivity contribution in [3.8, 4) is 0 Å². The van der Waals surface area contributed by atoms with Crippen LogP contribution in [0.1, 0.15) is 20.8 Å². The molecule has 2 aliphatic rings. The van der Waals surface area contributed by atoms with Crippen LogP contribution in [0.3, 0.4) is 0 Å². The third-order valence-corrected chi connectivity index (χ3v) is 3.54. The molecule has 1 aliphatic heterocycles. The largest absolute Gasteiger partial charge is 0.349 e. The van der Waals surface area contributed by atoms with Crippen LogP contribution < -0.4 is 10.6 Å². The van der Waals surface area contributed by atoms with Crippen molar-refractivity contribution in [2.24, 2.45) is 17.8 Å². The number of allylic oxidation sites excluding steroid dienone is 1. The Morgan fingerprint density at radius 2 is 1.88 bits per heavy atom. The van der Waals surface area contributed by atoms with Gasteiger partial charge in [-0.05, 0) is 12.8 Å². The van der Waals surface area contributed by atoms with Gasteiger partial charge in [-0.15, -0.1) is 0 Å². The first-order valence-electron chi connectivity index (χ1n) is 5.72. The molecule has 5 nitrogen and oxygen atoms in total. The van der Waals surface area contributed by atoms with Crippen molar-refractivity contribution in [3.05, 3.63) is 11.6 Å². The Kier molecular flexibility index (Phi) is 2.77. The average Bonchev–Trinajstić information content (AvgIpc) is 2.48. The molecule has 1 aliphatic carbocycles. The van der Waals surface area contributed by atoms with Crippen LogP contribution >= 0.6 is 0 Å². The predicted octanol–water partition coefficient (Wildman–Crippen LogP) is -0.0241. The van der Waals surface area contributed by atoms with E-state index < -0.39 is 5.92 Å². The summed E-state index contributed by atoms with van der Waals surface area (Å²) in [5.41, 5.74) is 0.943. The molecule has 0 bridgehead atoms. The van der Waals surface area contributed by atoms with Crippen LogP contribution in [0.4, 0.5) is 0 Å². The van der Waals surface area contributed by atoms with Crippen LogP contribution in [0.2, 0.25) is 0 Å². The Hall–Kier alpha value is -1.65. The molecule has 1 fully saturated rings. The van der Waals surface area contributed by atoms with Crippen molar-refractivity contribution in [3.63, 3.8) is 0 Å². The van der Waals surface area contributed by atoms with E-state index in [4.69, 9.17) is 0 Å². The summed E-state index contributed by atoms with van der Waals surface area (Å²) < 4.78 is 0. The number of imide groups is 1. The Labute approximate surface area is 99.6 Å². The SMILES string of the molecule is CC(=O)NC1C(C)=CC(C)C2C(=O)NC(=O)C12. The van der Waals surface area contributed by atoms with Crippen LogP contribution in [-0.2, 0) is 14.4 Å². The standard InChI is InChI=1S/C12H16N2O3/c1-5-4-6(2)10(13-7(3)15)9-8(5)11(16)14-12(9)17/h4-5,8-10H,1-3H3,(H,13,15)(H,14,16,17). The van der Waals surface area contributed by atoms with E-state index in [0.29, 0.717) is 0 Å². The van der Waals surface area contributed by atoms with Gasteiger partial charge in [-0.1, -0.05) is 18.6 Å². The summed E-state index contributed by atoms with van der Waals surface area (Å²) in [5.74, 6) is -1.50. The Balaban J connectivity index is 2.38. The molecule has 0 spiro atoms. The molecular weight excluding hydrogens is 220 g/mol. The first kappa shape index (κ1) is 11.8. The van der Waals surface area contributed by atoms with Crippen LogP contribution in [0.15, 0.2) is 11.6 Å². The van der Waals surface area contributed by atoms with Gasteiger partial charge in [0.1, 0.15) is 0 Å². The number of carbonyl (C=O) groups is 3. The molecule has 4 atom stereocenters. The highest BCUT2D eigenvalue weighted by Gasteiger charge is 2.50. The lowest BCUT2D eigenvalue weighted by Crippen LogP contribution is -2.48. The van der Waals surface area contributed by atoms with Gasteiger partial charge in [-0.2, -0.15) is 0 Å². The maximum atomic E-state index is 11.8. The maximum Gasteiger partial charge on any atom is 0.232 e. The van der Waals surface area contributed by atoms with Crippen molar-refractivity contribution in [2.75, 3.05) is 0 Å². The molecule has 92 valence electrons. The number of hydrogen-bond acceptors (Lipinski definition) is 3. The Morgan fingerprint density at radius 1 is 1.29 bits per heavy atom. The number of carbonyl (C=O) groups excluding carboxylic acids is 3. The zero-order valence-electron chi connectivity index (χ0n) is 10.1. The van der Waals surface area contributed by atoms with Gasteiger partial charge in [0, 0.05) is 6.92 Å². The van der Waals surface area contributed by atoms with Crippen molar-refractivity contribution in [2.45, 2.75) is 26.8 Å². The summed E-state index contributed by atoms with van der Waals surface area (Å²) in [5, 5.41) is 5.10. The van der Waals surface area contributed by atoms with Crippen LogP contribution in [0.5, 0.6) is 0 Å². The molecule has 2 rings (SSSR count). The van der Waals surface area contributed by atoms with E-state index in [1.165, 1.54) is 6.92 Å². The van der Waals surface area contributed by atoms with E-state index in [1.54, 1.807) is 0 Å². The fourth-order valence-corrected chi connectivity index (χ4v) is 2.87. The molecule has 0 aromatic heterocycles. The van der Waals surface area contributed by atoms with Crippen LogP contribution in [0, 0.1) is 17.8 Å². The molecule has 5 heteroatoms. The van der Waals surface area contributed by atoms with Gasteiger partial charge < -0.3 is 5.32 Å². The van der Waals surface area contributed by atoms with Gasteiger partial charge in [-0.3, -0.25) is 19.7 Å². The maximum absolute atomic E-state index is 11.8. The topological polar surface area (TPSA) is 75.3 Å². The molecule has 2 N–H and O–H groups in total. The van der Waals surface area contributed by atoms with E-state index in [0.717, 1.165) is 5.57 Å². The normalized spacial score (nSPS) is 36.1. The third kappa shape index (κ3) is 1.85. The van der Waals surface area contributed by atoms with Crippen molar-refractivity contribution in [1.29, 1.82) is 0 Å². The monoisotopic (exact) mass is 236 g/mol. The fourth-order valence-electron chi connectivity index (χ4n) is 2.87. The highest BCUT2D eigenvalue weighted by Crippen LogP contribution is 2.37. The lowest BCUT2D eigenvalue weighted by Gasteiger charge is -2.34. The van der Waals surface area contributed by atoms with E-state index in [9.17, 15) is 14.4 Å². The van der Waals surface area contributed by atoms with Gasteiger partial charge >= 0.3 is 0 Å². The van der Waals surface area contributed by atoms with Gasteiger partial charge in [0.2, 0.25) is 17.7 Å². The summed E-state index contributed by atoms with van der Waals surface area (Å²) in [4.78, 5) is 34.6. The van der Waals surface area contributed by atoms with Gasteiger partial charge in [-0.25, -0.2) is 0 Å². The average molecular weight is 236 g/mol. The molecule has 0 saturated carbocycles. The van der Waals surface area contributed by atoms with Crippen LogP contribution in [-0.4, -0.2) is 23.8 Å². The second kappa shape index (κ2) is 3.98. The molecule has 0 aromatic rings. The molecule has 17 heavy (non-hydrogen) atoms. The molecule has 1 saturated heterocycles. The second-order valence-electron chi connectivity index (χ2n) is 4.85. The zero-order chi connectivity index (χ0) is 12.7. The molecule has 0 radical (unpaired) electrons. The number of amides is 3. The minimum atomic E-state index is -0.466. The van der Waals surface area contributed by atoms with E-state index in [-0.39, 0.29) is 35.6 Å². The second-order valence-corrected chi connectivity index (χ2v) is 4.85. The Bertz CT molecular complexity index is 427. The first-order valence-corrected chi connectivity index (χ1v) is 5.72.